The molecule has 3 heterocycles. The van der Waals surface area contributed by atoms with Crippen molar-refractivity contribution in [2.24, 2.45) is 0 Å². The smallest absolute Gasteiger partial charge is 0.254 e. The second-order valence-electron chi connectivity index (χ2n) is 7.13. The molecule has 6 heteroatoms. The van der Waals surface area contributed by atoms with E-state index in [-0.39, 0.29) is 6.61 Å². The lowest BCUT2D eigenvalue weighted by molar-refractivity contribution is 0.263. The third-order valence-electron chi connectivity index (χ3n) is 5.05. The normalized spacial score (nSPS) is 11.1. The van der Waals surface area contributed by atoms with Crippen molar-refractivity contribution in [3.8, 4) is 23.0 Å². The Kier molecular flexibility index (Phi) is 4.52. The highest BCUT2D eigenvalue weighted by Gasteiger charge is 2.14. The number of fused-ring (bicyclic) bond motifs is 1. The molecule has 0 spiro atoms. The maximum atomic E-state index is 6.00. The minimum atomic E-state index is 0.165. The number of nitrogens with zero attached hydrogens (tertiary/aromatic N) is 4. The van der Waals surface area contributed by atoms with Crippen LogP contribution in [0.2, 0.25) is 0 Å². The van der Waals surface area contributed by atoms with Gasteiger partial charge in [0.05, 0.1) is 0 Å². The van der Waals surface area contributed by atoms with Crippen LogP contribution >= 0.6 is 0 Å². The number of hydrogen-bond donors (Lipinski definition) is 0. The largest absolute Gasteiger partial charge is 0.480 e. The first-order valence-corrected chi connectivity index (χ1v) is 9.74. The fourth-order valence-electron chi connectivity index (χ4n) is 3.56. The third-order valence-corrected chi connectivity index (χ3v) is 5.05. The van der Waals surface area contributed by atoms with Gasteiger partial charge in [0.25, 0.3) is 5.89 Å². The predicted octanol–water partition coefficient (Wildman–Crippen LogP) is 5.27. The van der Waals surface area contributed by atoms with Crippen LogP contribution in [0.1, 0.15) is 17.3 Å². The summed E-state index contributed by atoms with van der Waals surface area (Å²) in [6.07, 6.45) is 1.76. The predicted molar refractivity (Wildman–Crippen MR) is 115 cm³/mol. The van der Waals surface area contributed by atoms with Gasteiger partial charge in [0.2, 0.25) is 5.89 Å². The van der Waals surface area contributed by atoms with Crippen LogP contribution in [0.15, 0.2) is 77.3 Å². The molecule has 6 nitrogen and oxygen atoms in total. The Morgan fingerprint density at radius 1 is 0.867 bits per heavy atom. The molecule has 0 saturated carbocycles. The van der Waals surface area contributed by atoms with Crippen molar-refractivity contribution in [3.05, 3.63) is 90.2 Å². The van der Waals surface area contributed by atoms with E-state index in [0.29, 0.717) is 17.5 Å². The molecule has 148 valence electrons. The zero-order chi connectivity index (χ0) is 20.5. The van der Waals surface area contributed by atoms with E-state index in [9.17, 15) is 0 Å². The van der Waals surface area contributed by atoms with Crippen molar-refractivity contribution in [3.63, 3.8) is 0 Å². The van der Waals surface area contributed by atoms with Crippen LogP contribution in [0.25, 0.3) is 28.0 Å². The minimum Gasteiger partial charge on any atom is -0.480 e. The molecule has 2 aromatic carbocycles. The zero-order valence-electron chi connectivity index (χ0n) is 16.7. The van der Waals surface area contributed by atoms with Crippen LogP contribution in [-0.2, 0) is 6.61 Å². The van der Waals surface area contributed by atoms with Gasteiger partial charge in [-0.1, -0.05) is 30.3 Å². The minimum absolute atomic E-state index is 0.165. The Hall–Kier alpha value is -3.93. The first-order valence-electron chi connectivity index (χ1n) is 9.74. The van der Waals surface area contributed by atoms with Crippen LogP contribution in [0.5, 0.6) is 5.75 Å². The summed E-state index contributed by atoms with van der Waals surface area (Å²) in [7, 11) is 0. The SMILES string of the molecule is Cc1ccc(C)n1-c1ncccc1OCc1nnc(-c2ccc3ccccc3c2)o1. The number of aromatic nitrogens is 4. The van der Waals surface area contributed by atoms with Gasteiger partial charge in [-0.05, 0) is 61.0 Å². The Morgan fingerprint density at radius 2 is 1.67 bits per heavy atom. The molecule has 0 fully saturated rings. The molecule has 5 aromatic rings. The molecular weight excluding hydrogens is 376 g/mol. The van der Waals surface area contributed by atoms with Crippen molar-refractivity contribution in [2.75, 3.05) is 0 Å². The second-order valence-corrected chi connectivity index (χ2v) is 7.13. The summed E-state index contributed by atoms with van der Waals surface area (Å²) in [6, 6.07) is 22.1. The van der Waals surface area contributed by atoms with Crippen LogP contribution in [0, 0.1) is 13.8 Å². The van der Waals surface area contributed by atoms with Gasteiger partial charge in [-0.3, -0.25) is 0 Å². The standard InChI is InChI=1S/C24H20N4O2/c1-16-9-10-17(2)28(16)23-21(8-5-13-25-23)29-15-22-26-27-24(30-22)20-12-11-18-6-3-4-7-19(18)14-20/h3-14H,15H2,1-2H3. The summed E-state index contributed by atoms with van der Waals surface area (Å²) < 4.78 is 13.9. The lowest BCUT2D eigenvalue weighted by atomic mass is 10.1. The number of pyridine rings is 1. The molecule has 30 heavy (non-hydrogen) atoms. The van der Waals surface area contributed by atoms with E-state index in [1.807, 2.05) is 50.2 Å². The Labute approximate surface area is 173 Å². The average molecular weight is 396 g/mol. The summed E-state index contributed by atoms with van der Waals surface area (Å²) >= 11 is 0. The van der Waals surface area contributed by atoms with Crippen molar-refractivity contribution in [2.45, 2.75) is 20.5 Å². The molecule has 0 N–H and O–H groups in total. The molecule has 0 aliphatic carbocycles. The molecule has 3 aromatic heterocycles. The van der Waals surface area contributed by atoms with Gasteiger partial charge in [-0.25, -0.2) is 4.98 Å². The topological polar surface area (TPSA) is 66.0 Å². The van der Waals surface area contributed by atoms with Crippen molar-refractivity contribution in [1.29, 1.82) is 0 Å². The fraction of sp³-hybridized carbons (Fsp3) is 0.125. The highest BCUT2D eigenvalue weighted by Crippen LogP contribution is 2.26. The van der Waals surface area contributed by atoms with Crippen molar-refractivity contribution >= 4 is 10.8 Å². The third kappa shape index (κ3) is 3.33. The Balaban J connectivity index is 1.38. The summed E-state index contributed by atoms with van der Waals surface area (Å²) in [6.45, 7) is 4.25. The number of hydrogen-bond acceptors (Lipinski definition) is 5. The summed E-state index contributed by atoms with van der Waals surface area (Å²) in [5.41, 5.74) is 3.06. The molecule has 5 rings (SSSR count). The molecule has 0 saturated heterocycles. The second kappa shape index (κ2) is 7.48. The quantitative estimate of drug-likeness (QED) is 0.405. The molecule has 0 unspecified atom stereocenters. The van der Waals surface area contributed by atoms with Crippen molar-refractivity contribution in [1.82, 2.24) is 19.7 Å². The van der Waals surface area contributed by atoms with Crippen LogP contribution in [0.3, 0.4) is 0 Å². The summed E-state index contributed by atoms with van der Waals surface area (Å²) in [5.74, 6) is 2.29. The molecule has 0 aliphatic heterocycles. The zero-order valence-corrected chi connectivity index (χ0v) is 16.7. The first-order chi connectivity index (χ1) is 14.7. The van der Waals surface area contributed by atoms with E-state index in [4.69, 9.17) is 9.15 Å². The number of aryl methyl sites for hydroxylation is 2. The Bertz CT molecular complexity index is 1320. The van der Waals surface area contributed by atoms with Gasteiger partial charge in [0, 0.05) is 23.1 Å². The van der Waals surface area contributed by atoms with Gasteiger partial charge in [0.15, 0.2) is 18.2 Å². The van der Waals surface area contributed by atoms with Gasteiger partial charge in [-0.2, -0.15) is 0 Å². The first kappa shape index (κ1) is 18.1. The summed E-state index contributed by atoms with van der Waals surface area (Å²) in [4.78, 5) is 4.51. The van der Waals surface area contributed by atoms with E-state index in [2.05, 4.69) is 50.1 Å². The van der Waals surface area contributed by atoms with Crippen LogP contribution < -0.4 is 4.74 Å². The highest BCUT2D eigenvalue weighted by atomic mass is 16.5. The molecule has 0 amide bonds. The number of benzene rings is 2. The number of rotatable bonds is 5. The Morgan fingerprint density at radius 3 is 2.50 bits per heavy atom. The lowest BCUT2D eigenvalue weighted by Gasteiger charge is -2.13. The van der Waals surface area contributed by atoms with E-state index in [1.165, 1.54) is 5.39 Å². The molecule has 0 bridgehead atoms. The van der Waals surface area contributed by atoms with Gasteiger partial charge in [-0.15, -0.1) is 10.2 Å². The maximum absolute atomic E-state index is 6.00. The van der Waals surface area contributed by atoms with E-state index in [0.717, 1.165) is 28.2 Å². The van der Waals surface area contributed by atoms with Gasteiger partial charge >= 0.3 is 0 Å². The molecule has 0 radical (unpaired) electrons. The van der Waals surface area contributed by atoms with E-state index < -0.39 is 0 Å². The highest BCUT2D eigenvalue weighted by molar-refractivity contribution is 5.86. The van der Waals surface area contributed by atoms with Crippen LogP contribution in [-0.4, -0.2) is 19.7 Å². The monoisotopic (exact) mass is 396 g/mol. The summed E-state index contributed by atoms with van der Waals surface area (Å²) in [5, 5.41) is 10.6. The average Bonchev–Trinajstić information content (AvgIpc) is 3.38. The van der Waals surface area contributed by atoms with Gasteiger partial charge < -0.3 is 13.7 Å². The molecule has 0 atom stereocenters. The van der Waals surface area contributed by atoms with Crippen LogP contribution in [0.4, 0.5) is 0 Å². The lowest BCUT2D eigenvalue weighted by Crippen LogP contribution is -2.06. The van der Waals surface area contributed by atoms with Gasteiger partial charge in [0.1, 0.15) is 0 Å². The molecular formula is C24H20N4O2. The fourth-order valence-corrected chi connectivity index (χ4v) is 3.56. The van der Waals surface area contributed by atoms with Crippen molar-refractivity contribution < 1.29 is 9.15 Å². The molecule has 0 aliphatic rings. The number of ether oxygens (including phenoxy) is 1. The van der Waals surface area contributed by atoms with E-state index >= 15 is 0 Å². The van der Waals surface area contributed by atoms with E-state index in [1.54, 1.807) is 6.20 Å². The maximum Gasteiger partial charge on any atom is 0.254 e.